The molecule has 2 N–H and O–H groups in total. The lowest BCUT2D eigenvalue weighted by Gasteiger charge is -2.39. The molecule has 0 saturated carbocycles. The Morgan fingerprint density at radius 1 is 1.44 bits per heavy atom. The zero-order valence-electron chi connectivity index (χ0n) is 10.4. The summed E-state index contributed by atoms with van der Waals surface area (Å²) in [4.78, 5) is 2.25. The van der Waals surface area contributed by atoms with E-state index in [1.807, 2.05) is 18.2 Å². The van der Waals surface area contributed by atoms with Gasteiger partial charge in [-0.1, -0.05) is 29.3 Å². The number of hydrogen-bond acceptors (Lipinski definition) is 3. The number of piperazine rings is 1. The molecule has 1 aliphatic rings. The minimum Gasteiger partial charge on any atom is -0.394 e. The number of nitrogens with zero attached hydrogens (tertiary/aromatic N) is 1. The highest BCUT2D eigenvalue weighted by Crippen LogP contribution is 2.34. The number of nitrogens with one attached hydrogen (secondary N) is 1. The lowest BCUT2D eigenvalue weighted by molar-refractivity contribution is 0.0724. The quantitative estimate of drug-likeness (QED) is 0.896. The Morgan fingerprint density at radius 2 is 2.11 bits per heavy atom. The molecule has 1 aromatic carbocycles. The fraction of sp³-hybridized carbons (Fsp3) is 0.538. The van der Waals surface area contributed by atoms with E-state index in [0.29, 0.717) is 16.1 Å². The molecule has 2 unspecified atom stereocenters. The van der Waals surface area contributed by atoms with Crippen molar-refractivity contribution in [3.63, 3.8) is 0 Å². The molecule has 1 fully saturated rings. The van der Waals surface area contributed by atoms with Gasteiger partial charge in [0.05, 0.1) is 12.6 Å². The molecule has 2 atom stereocenters. The molecule has 0 spiro atoms. The third-order valence-corrected chi connectivity index (χ3v) is 4.12. The monoisotopic (exact) mass is 288 g/mol. The van der Waals surface area contributed by atoms with Crippen molar-refractivity contribution in [1.82, 2.24) is 10.2 Å². The Morgan fingerprint density at radius 3 is 2.67 bits per heavy atom. The molecule has 5 heteroatoms. The summed E-state index contributed by atoms with van der Waals surface area (Å²) < 4.78 is 0. The lowest BCUT2D eigenvalue weighted by Crippen LogP contribution is -2.51. The van der Waals surface area contributed by atoms with Crippen LogP contribution in [-0.4, -0.2) is 42.3 Å². The average molecular weight is 289 g/mol. The van der Waals surface area contributed by atoms with E-state index in [2.05, 4.69) is 17.1 Å². The molecule has 100 valence electrons. The number of aliphatic hydroxyl groups excluding tert-OH is 1. The molecule has 18 heavy (non-hydrogen) atoms. The van der Waals surface area contributed by atoms with Crippen LogP contribution in [0.3, 0.4) is 0 Å². The third-order valence-electron chi connectivity index (χ3n) is 3.46. The van der Waals surface area contributed by atoms with Gasteiger partial charge in [0, 0.05) is 41.3 Å². The van der Waals surface area contributed by atoms with Crippen LogP contribution < -0.4 is 5.32 Å². The molecule has 1 saturated heterocycles. The first-order chi connectivity index (χ1) is 8.65. The van der Waals surface area contributed by atoms with Crippen LogP contribution >= 0.6 is 23.2 Å². The summed E-state index contributed by atoms with van der Waals surface area (Å²) in [7, 11) is 0. The maximum atomic E-state index is 9.72. The van der Waals surface area contributed by atoms with Crippen LogP contribution in [0.5, 0.6) is 0 Å². The summed E-state index contributed by atoms with van der Waals surface area (Å²) in [5, 5.41) is 14.3. The molecular formula is C13H18Cl2N2O. The van der Waals surface area contributed by atoms with Crippen LogP contribution in [0.25, 0.3) is 0 Å². The van der Waals surface area contributed by atoms with Gasteiger partial charge in [0.25, 0.3) is 0 Å². The van der Waals surface area contributed by atoms with Crippen molar-refractivity contribution < 1.29 is 5.11 Å². The zero-order chi connectivity index (χ0) is 13.1. The minimum atomic E-state index is -0.136. The molecule has 0 aromatic heterocycles. The van der Waals surface area contributed by atoms with Gasteiger partial charge < -0.3 is 10.4 Å². The van der Waals surface area contributed by atoms with Gasteiger partial charge in [0.2, 0.25) is 0 Å². The maximum absolute atomic E-state index is 9.72. The van der Waals surface area contributed by atoms with Gasteiger partial charge in [-0.15, -0.1) is 0 Å². The number of benzene rings is 1. The Kier molecular flexibility index (Phi) is 4.87. The Hall–Kier alpha value is -0.320. The first-order valence-corrected chi connectivity index (χ1v) is 6.92. The predicted molar refractivity (Wildman–Crippen MR) is 75.3 cm³/mol. The zero-order valence-corrected chi connectivity index (χ0v) is 11.9. The Balaban J connectivity index is 2.32. The summed E-state index contributed by atoms with van der Waals surface area (Å²) in [6.45, 7) is 4.88. The lowest BCUT2D eigenvalue weighted by atomic mass is 10.0. The van der Waals surface area contributed by atoms with Gasteiger partial charge in [0.15, 0.2) is 0 Å². The van der Waals surface area contributed by atoms with Crippen LogP contribution in [0.2, 0.25) is 10.0 Å². The van der Waals surface area contributed by atoms with E-state index >= 15 is 0 Å². The van der Waals surface area contributed by atoms with E-state index in [9.17, 15) is 5.11 Å². The van der Waals surface area contributed by atoms with Crippen LogP contribution in [-0.2, 0) is 0 Å². The molecule has 1 aromatic rings. The molecular weight excluding hydrogens is 271 g/mol. The first-order valence-electron chi connectivity index (χ1n) is 6.16. The first kappa shape index (κ1) is 14.1. The van der Waals surface area contributed by atoms with Crippen molar-refractivity contribution in [3.8, 4) is 0 Å². The normalized spacial score (nSPS) is 23.0. The third kappa shape index (κ3) is 2.81. The van der Waals surface area contributed by atoms with Crippen molar-refractivity contribution in [2.24, 2.45) is 0 Å². The largest absolute Gasteiger partial charge is 0.394 e. The van der Waals surface area contributed by atoms with Crippen molar-refractivity contribution in [2.75, 3.05) is 26.2 Å². The van der Waals surface area contributed by atoms with E-state index in [0.717, 1.165) is 25.2 Å². The Bertz CT molecular complexity index is 394. The molecule has 3 nitrogen and oxygen atoms in total. The van der Waals surface area contributed by atoms with E-state index in [1.54, 1.807) is 0 Å². The van der Waals surface area contributed by atoms with Crippen molar-refractivity contribution in [2.45, 2.75) is 19.0 Å². The highest BCUT2D eigenvalue weighted by molar-refractivity contribution is 6.36. The van der Waals surface area contributed by atoms with Gasteiger partial charge in [-0.25, -0.2) is 0 Å². The smallest absolute Gasteiger partial charge is 0.0629 e. The maximum Gasteiger partial charge on any atom is 0.0629 e. The summed E-state index contributed by atoms with van der Waals surface area (Å²) in [5.74, 6) is 0. The van der Waals surface area contributed by atoms with E-state index in [-0.39, 0.29) is 12.6 Å². The summed E-state index contributed by atoms with van der Waals surface area (Å²) in [6.07, 6.45) is 0. The van der Waals surface area contributed by atoms with Crippen LogP contribution in [0, 0.1) is 0 Å². The van der Waals surface area contributed by atoms with Gasteiger partial charge in [0.1, 0.15) is 0 Å². The van der Waals surface area contributed by atoms with E-state index < -0.39 is 0 Å². The van der Waals surface area contributed by atoms with Crippen molar-refractivity contribution in [1.29, 1.82) is 0 Å². The van der Waals surface area contributed by atoms with Crippen LogP contribution in [0.4, 0.5) is 0 Å². The molecule has 0 bridgehead atoms. The second kappa shape index (κ2) is 6.22. The van der Waals surface area contributed by atoms with Gasteiger partial charge >= 0.3 is 0 Å². The highest BCUT2D eigenvalue weighted by atomic mass is 35.5. The fourth-order valence-electron chi connectivity index (χ4n) is 2.51. The molecule has 1 aliphatic heterocycles. The molecule has 0 amide bonds. The number of rotatable bonds is 3. The van der Waals surface area contributed by atoms with Crippen molar-refractivity contribution >= 4 is 23.2 Å². The highest BCUT2D eigenvalue weighted by Gasteiger charge is 2.29. The van der Waals surface area contributed by atoms with E-state index in [4.69, 9.17) is 23.2 Å². The van der Waals surface area contributed by atoms with E-state index in [1.165, 1.54) is 0 Å². The Labute approximate surface area is 118 Å². The molecule has 1 heterocycles. The second-order valence-corrected chi connectivity index (χ2v) is 5.44. The average Bonchev–Trinajstić information content (AvgIpc) is 2.35. The van der Waals surface area contributed by atoms with Crippen LogP contribution in [0.1, 0.15) is 18.5 Å². The summed E-state index contributed by atoms with van der Waals surface area (Å²) >= 11 is 12.5. The molecule has 2 rings (SSSR count). The molecule has 0 radical (unpaired) electrons. The number of halogens is 2. The standard InChI is InChI=1S/C13H18Cl2N2O/c1-9-7-16-5-6-17(9)12(8-18)13-10(14)3-2-4-11(13)15/h2-4,9,12,16,18H,5-8H2,1H3. The number of hydrogen-bond donors (Lipinski definition) is 2. The van der Waals surface area contributed by atoms with Gasteiger partial charge in [-0.3, -0.25) is 4.90 Å². The van der Waals surface area contributed by atoms with Gasteiger partial charge in [-0.2, -0.15) is 0 Å². The second-order valence-electron chi connectivity index (χ2n) is 4.62. The van der Waals surface area contributed by atoms with Gasteiger partial charge in [-0.05, 0) is 19.1 Å². The summed E-state index contributed by atoms with van der Waals surface area (Å²) in [5.41, 5.74) is 0.831. The summed E-state index contributed by atoms with van der Waals surface area (Å²) in [6, 6.07) is 5.67. The fourth-order valence-corrected chi connectivity index (χ4v) is 3.16. The minimum absolute atomic E-state index is 0.0216. The topological polar surface area (TPSA) is 35.5 Å². The predicted octanol–water partition coefficient (Wildman–Crippen LogP) is 2.32. The SMILES string of the molecule is CC1CNCCN1C(CO)c1c(Cl)cccc1Cl. The number of aliphatic hydroxyl groups is 1. The van der Waals surface area contributed by atoms with Crippen LogP contribution in [0.15, 0.2) is 18.2 Å². The van der Waals surface area contributed by atoms with Crippen molar-refractivity contribution in [3.05, 3.63) is 33.8 Å². The molecule has 0 aliphatic carbocycles.